The summed E-state index contributed by atoms with van der Waals surface area (Å²) >= 11 is 4.18. The molecule has 190 valence electrons. The van der Waals surface area contributed by atoms with Crippen LogP contribution in [-0.4, -0.2) is 70.2 Å². The number of rotatable bonds is 11. The van der Waals surface area contributed by atoms with Gasteiger partial charge >= 0.3 is 5.97 Å². The fraction of sp³-hybridized carbons (Fsp3) is 0.500. The zero-order chi connectivity index (χ0) is 25.5. The highest BCUT2D eigenvalue weighted by molar-refractivity contribution is 7.80. The van der Waals surface area contributed by atoms with E-state index in [1.807, 2.05) is 24.3 Å². The summed E-state index contributed by atoms with van der Waals surface area (Å²) in [5, 5.41) is 21.6. The average Bonchev–Trinajstić information content (AvgIpc) is 3.50. The van der Waals surface area contributed by atoms with Crippen molar-refractivity contribution in [3.05, 3.63) is 36.0 Å². The van der Waals surface area contributed by atoms with Crippen LogP contribution in [0.25, 0.3) is 10.9 Å². The van der Waals surface area contributed by atoms with Crippen molar-refractivity contribution in [3.8, 4) is 0 Å². The number of hydrogen-bond donors (Lipinski definition) is 7. The van der Waals surface area contributed by atoms with E-state index in [4.69, 9.17) is 0 Å². The Hall–Kier alpha value is -3.05. The molecule has 1 aliphatic rings. The molecule has 1 aliphatic heterocycles. The zero-order valence-electron chi connectivity index (χ0n) is 19.8. The van der Waals surface area contributed by atoms with E-state index in [-0.39, 0.29) is 30.0 Å². The molecule has 35 heavy (non-hydrogen) atoms. The molecule has 0 saturated carbocycles. The molecule has 2 heterocycles. The zero-order valence-corrected chi connectivity index (χ0v) is 20.7. The van der Waals surface area contributed by atoms with Gasteiger partial charge in [0.1, 0.15) is 18.1 Å². The molecule has 0 radical (unpaired) electrons. The maximum atomic E-state index is 13.0. The van der Waals surface area contributed by atoms with Crippen molar-refractivity contribution < 1.29 is 24.3 Å². The van der Waals surface area contributed by atoms with E-state index in [0.717, 1.165) is 29.4 Å². The summed E-state index contributed by atoms with van der Waals surface area (Å²) in [6, 6.07) is 4.03. The molecule has 6 N–H and O–H groups in total. The van der Waals surface area contributed by atoms with Crippen LogP contribution in [0.2, 0.25) is 0 Å². The van der Waals surface area contributed by atoms with Gasteiger partial charge in [0.25, 0.3) is 0 Å². The number of hydrogen-bond acceptors (Lipinski definition) is 6. The van der Waals surface area contributed by atoms with Gasteiger partial charge in [0.15, 0.2) is 0 Å². The number of carboxylic acid groups (broad SMARTS) is 1. The third-order valence-electron chi connectivity index (χ3n) is 6.15. The standard InChI is InChI=1S/C24H33N5O5S/c1-13(2)20(29-21(30)17-8-5-9-25-17)23(32)28-19(12-35)22(31)27-18(24(33)34)10-14-11-26-16-7-4-3-6-15(14)16/h3-4,6-7,11,13,17-20,25-26,35H,5,8-10,12H2,1-2H3,(H,27,31)(H,28,32)(H,29,30)(H,33,34)/t17-,18-,19-,20-/m0/s1. The van der Waals surface area contributed by atoms with Crippen molar-refractivity contribution in [1.82, 2.24) is 26.3 Å². The molecule has 1 saturated heterocycles. The van der Waals surface area contributed by atoms with Crippen molar-refractivity contribution in [1.29, 1.82) is 0 Å². The molecule has 0 spiro atoms. The second-order valence-corrected chi connectivity index (χ2v) is 9.45. The van der Waals surface area contributed by atoms with Crippen LogP contribution in [0.5, 0.6) is 0 Å². The summed E-state index contributed by atoms with van der Waals surface area (Å²) < 4.78 is 0. The summed E-state index contributed by atoms with van der Waals surface area (Å²) in [4.78, 5) is 53.3. The van der Waals surface area contributed by atoms with Crippen LogP contribution in [0.3, 0.4) is 0 Å². The molecule has 1 aromatic carbocycles. The van der Waals surface area contributed by atoms with Gasteiger partial charge in [-0.2, -0.15) is 12.6 Å². The SMILES string of the molecule is CC(C)[C@H](NC(=O)[C@@H]1CCCN1)C(=O)N[C@@H](CS)C(=O)N[C@@H](Cc1c[nH]c2ccccc12)C(=O)O. The van der Waals surface area contributed by atoms with Crippen molar-refractivity contribution in [2.24, 2.45) is 5.92 Å². The van der Waals surface area contributed by atoms with Crippen LogP contribution in [0.15, 0.2) is 30.5 Å². The Balaban J connectivity index is 1.64. The Bertz CT molecular complexity index is 1070. The van der Waals surface area contributed by atoms with Gasteiger partial charge in [-0.25, -0.2) is 4.79 Å². The topological polar surface area (TPSA) is 152 Å². The summed E-state index contributed by atoms with van der Waals surface area (Å²) in [5.41, 5.74) is 1.62. The van der Waals surface area contributed by atoms with Crippen LogP contribution in [0.4, 0.5) is 0 Å². The van der Waals surface area contributed by atoms with Crippen LogP contribution in [0.1, 0.15) is 32.3 Å². The van der Waals surface area contributed by atoms with E-state index in [0.29, 0.717) is 6.42 Å². The molecule has 10 nitrogen and oxygen atoms in total. The molecule has 0 bridgehead atoms. The third kappa shape index (κ3) is 6.76. The Morgan fingerprint density at radius 3 is 2.43 bits per heavy atom. The second kappa shape index (κ2) is 12.1. The maximum Gasteiger partial charge on any atom is 0.326 e. The van der Waals surface area contributed by atoms with E-state index in [1.54, 1.807) is 20.0 Å². The van der Waals surface area contributed by atoms with Gasteiger partial charge in [0.05, 0.1) is 6.04 Å². The fourth-order valence-electron chi connectivity index (χ4n) is 4.15. The molecule has 1 aromatic heterocycles. The molecular weight excluding hydrogens is 470 g/mol. The number of aliphatic carboxylic acids is 1. The van der Waals surface area contributed by atoms with Gasteiger partial charge in [0.2, 0.25) is 17.7 Å². The first-order chi connectivity index (χ1) is 16.7. The van der Waals surface area contributed by atoms with Crippen LogP contribution >= 0.6 is 12.6 Å². The first-order valence-electron chi connectivity index (χ1n) is 11.7. The maximum absolute atomic E-state index is 13.0. The van der Waals surface area contributed by atoms with Gasteiger partial charge in [-0.05, 0) is 36.9 Å². The summed E-state index contributed by atoms with van der Waals surface area (Å²) in [5.74, 6) is -2.90. The normalized spacial score (nSPS) is 18.1. The molecule has 1 fully saturated rings. The third-order valence-corrected chi connectivity index (χ3v) is 6.52. The number of carbonyl (C=O) groups excluding carboxylic acids is 3. The largest absolute Gasteiger partial charge is 0.480 e. The van der Waals surface area contributed by atoms with Crippen LogP contribution < -0.4 is 21.3 Å². The highest BCUT2D eigenvalue weighted by atomic mass is 32.1. The lowest BCUT2D eigenvalue weighted by molar-refractivity contribution is -0.142. The Morgan fingerprint density at radius 1 is 1.09 bits per heavy atom. The lowest BCUT2D eigenvalue weighted by Crippen LogP contribution is -2.59. The monoisotopic (exact) mass is 503 g/mol. The smallest absolute Gasteiger partial charge is 0.326 e. The number of para-hydroxylation sites is 1. The predicted octanol–water partition coefficient (Wildman–Crippen LogP) is 0.587. The number of amides is 3. The quantitative estimate of drug-likeness (QED) is 0.223. The number of thiol groups is 1. The highest BCUT2D eigenvalue weighted by Gasteiger charge is 2.32. The molecule has 3 amide bonds. The number of carbonyl (C=O) groups is 4. The number of fused-ring (bicyclic) bond motifs is 1. The van der Waals surface area contributed by atoms with Gasteiger partial charge in [-0.1, -0.05) is 32.0 Å². The number of aromatic amines is 1. The lowest BCUT2D eigenvalue weighted by Gasteiger charge is -2.26. The summed E-state index contributed by atoms with van der Waals surface area (Å²) in [7, 11) is 0. The van der Waals surface area contributed by atoms with E-state index in [1.165, 1.54) is 0 Å². The number of nitrogens with one attached hydrogen (secondary N) is 5. The minimum absolute atomic E-state index is 0.0417. The Labute approximate surface area is 209 Å². The van der Waals surface area contributed by atoms with E-state index in [9.17, 15) is 24.3 Å². The average molecular weight is 504 g/mol. The van der Waals surface area contributed by atoms with Gasteiger partial charge in [-0.3, -0.25) is 14.4 Å². The first-order valence-corrected chi connectivity index (χ1v) is 12.4. The summed E-state index contributed by atoms with van der Waals surface area (Å²) in [6.45, 7) is 4.34. The van der Waals surface area contributed by atoms with Crippen molar-refractivity contribution in [3.63, 3.8) is 0 Å². The van der Waals surface area contributed by atoms with Crippen molar-refractivity contribution in [2.45, 2.75) is 57.3 Å². The van der Waals surface area contributed by atoms with Crippen molar-refractivity contribution in [2.75, 3.05) is 12.3 Å². The number of carboxylic acids is 1. The number of benzene rings is 1. The highest BCUT2D eigenvalue weighted by Crippen LogP contribution is 2.19. The molecule has 0 unspecified atom stereocenters. The van der Waals surface area contributed by atoms with Crippen LogP contribution in [-0.2, 0) is 25.6 Å². The molecule has 0 aliphatic carbocycles. The van der Waals surface area contributed by atoms with Crippen molar-refractivity contribution >= 4 is 47.2 Å². The molecular formula is C24H33N5O5S. The first kappa shape index (κ1) is 26.6. The molecule has 2 aromatic rings. The van der Waals surface area contributed by atoms with E-state index in [2.05, 4.69) is 38.9 Å². The predicted molar refractivity (Wildman–Crippen MR) is 135 cm³/mol. The molecule has 3 rings (SSSR count). The van der Waals surface area contributed by atoms with Crippen LogP contribution in [0, 0.1) is 5.92 Å². The molecule has 4 atom stereocenters. The molecule has 11 heteroatoms. The Morgan fingerprint density at radius 2 is 1.80 bits per heavy atom. The number of aromatic nitrogens is 1. The fourth-order valence-corrected chi connectivity index (χ4v) is 4.40. The lowest BCUT2D eigenvalue weighted by atomic mass is 10.0. The minimum Gasteiger partial charge on any atom is -0.480 e. The van der Waals surface area contributed by atoms with Gasteiger partial charge in [-0.15, -0.1) is 0 Å². The van der Waals surface area contributed by atoms with E-state index >= 15 is 0 Å². The van der Waals surface area contributed by atoms with E-state index < -0.39 is 35.9 Å². The Kier molecular flexibility index (Phi) is 9.16. The second-order valence-electron chi connectivity index (χ2n) is 9.09. The number of H-pyrrole nitrogens is 1. The van der Waals surface area contributed by atoms with Gasteiger partial charge < -0.3 is 31.4 Å². The minimum atomic E-state index is -1.20. The summed E-state index contributed by atoms with van der Waals surface area (Å²) in [6.07, 6.45) is 3.38. The van der Waals surface area contributed by atoms with Gasteiger partial charge in [0, 0.05) is 29.3 Å².